The van der Waals surface area contributed by atoms with E-state index in [0.717, 1.165) is 22.7 Å². The minimum absolute atomic E-state index is 0.0923. The van der Waals surface area contributed by atoms with E-state index in [1.54, 1.807) is 38.5 Å². The average Bonchev–Trinajstić information content (AvgIpc) is 3.20. The highest BCUT2D eigenvalue weighted by Gasteiger charge is 2.17. The minimum Gasteiger partial charge on any atom is -0.493 e. The molecule has 9 heteroatoms. The minimum atomic E-state index is -0.576. The van der Waals surface area contributed by atoms with Crippen LogP contribution in [0.15, 0.2) is 45.6 Å². The molecule has 1 amide bonds. The predicted octanol–water partition coefficient (Wildman–Crippen LogP) is 4.20. The Bertz CT molecular complexity index is 1360. The third-order valence-corrected chi connectivity index (χ3v) is 5.31. The van der Waals surface area contributed by atoms with E-state index in [1.807, 2.05) is 19.9 Å². The van der Waals surface area contributed by atoms with Crippen LogP contribution >= 0.6 is 11.5 Å². The van der Waals surface area contributed by atoms with Gasteiger partial charge in [0.2, 0.25) is 5.13 Å². The fraction of sp³-hybridized carbons (Fsp3) is 0.182. The molecule has 0 radical (unpaired) electrons. The summed E-state index contributed by atoms with van der Waals surface area (Å²) in [6.45, 7) is 3.74. The molecule has 31 heavy (non-hydrogen) atoms. The lowest BCUT2D eigenvalue weighted by Crippen LogP contribution is -2.15. The first kappa shape index (κ1) is 20.5. The molecule has 2 aromatic heterocycles. The summed E-state index contributed by atoms with van der Waals surface area (Å²) < 4.78 is 20.5. The van der Waals surface area contributed by atoms with Gasteiger partial charge in [-0.2, -0.15) is 9.36 Å². The van der Waals surface area contributed by atoms with Crippen LogP contribution in [0.4, 0.5) is 5.13 Å². The number of hydrogen-bond donors (Lipinski definition) is 1. The third-order valence-electron chi connectivity index (χ3n) is 4.68. The van der Waals surface area contributed by atoms with Crippen LogP contribution < -0.4 is 20.2 Å². The van der Waals surface area contributed by atoms with Gasteiger partial charge in [-0.3, -0.25) is 14.9 Å². The second-order valence-electron chi connectivity index (χ2n) is 6.88. The van der Waals surface area contributed by atoms with E-state index in [9.17, 15) is 9.59 Å². The van der Waals surface area contributed by atoms with E-state index in [1.165, 1.54) is 6.07 Å². The van der Waals surface area contributed by atoms with Gasteiger partial charge in [0.05, 0.1) is 19.6 Å². The van der Waals surface area contributed by atoms with Crippen LogP contribution in [0.5, 0.6) is 11.5 Å². The van der Waals surface area contributed by atoms with Crippen molar-refractivity contribution in [3.05, 3.63) is 63.5 Å². The van der Waals surface area contributed by atoms with Gasteiger partial charge in [0, 0.05) is 23.2 Å². The molecule has 4 aromatic rings. The van der Waals surface area contributed by atoms with Crippen LogP contribution in [-0.4, -0.2) is 29.5 Å². The maximum absolute atomic E-state index is 12.7. The SMILES string of the molecule is COc1ccc(-c2nsc(NC(=O)c3cc(=O)c4c(C)cc(C)cc4o3)n2)cc1OC. The quantitative estimate of drug-likeness (QED) is 0.499. The molecule has 0 fully saturated rings. The van der Waals surface area contributed by atoms with Crippen molar-refractivity contribution in [2.75, 3.05) is 19.5 Å². The van der Waals surface area contributed by atoms with E-state index in [0.29, 0.717) is 33.9 Å². The highest BCUT2D eigenvalue weighted by molar-refractivity contribution is 7.10. The number of carbonyl (C=O) groups is 1. The molecular weight excluding hydrogens is 418 g/mol. The highest BCUT2D eigenvalue weighted by atomic mass is 32.1. The Morgan fingerprint density at radius 1 is 1.06 bits per heavy atom. The first-order valence-electron chi connectivity index (χ1n) is 9.32. The van der Waals surface area contributed by atoms with E-state index in [-0.39, 0.29) is 16.3 Å². The van der Waals surface area contributed by atoms with Crippen LogP contribution in [0.2, 0.25) is 0 Å². The van der Waals surface area contributed by atoms with Gasteiger partial charge in [0.15, 0.2) is 28.5 Å². The van der Waals surface area contributed by atoms with Crippen LogP contribution in [-0.2, 0) is 0 Å². The second kappa shape index (κ2) is 8.19. The Hall–Kier alpha value is -3.72. The summed E-state index contributed by atoms with van der Waals surface area (Å²) in [7, 11) is 3.10. The van der Waals surface area contributed by atoms with E-state index < -0.39 is 5.91 Å². The number of nitrogens with zero attached hydrogens (tertiary/aromatic N) is 2. The number of hydrogen-bond acceptors (Lipinski definition) is 8. The van der Waals surface area contributed by atoms with Crippen molar-refractivity contribution in [1.82, 2.24) is 9.36 Å². The Morgan fingerprint density at radius 3 is 2.58 bits per heavy atom. The van der Waals surface area contributed by atoms with Gasteiger partial charge in [-0.15, -0.1) is 0 Å². The van der Waals surface area contributed by atoms with Crippen molar-refractivity contribution in [2.24, 2.45) is 0 Å². The number of anilines is 1. The monoisotopic (exact) mass is 437 g/mol. The van der Waals surface area contributed by atoms with Gasteiger partial charge >= 0.3 is 0 Å². The molecule has 0 unspecified atom stereocenters. The summed E-state index contributed by atoms with van der Waals surface area (Å²) >= 11 is 1.02. The lowest BCUT2D eigenvalue weighted by molar-refractivity contribution is 0.0997. The van der Waals surface area contributed by atoms with Gasteiger partial charge in [0.25, 0.3) is 5.91 Å². The summed E-state index contributed by atoms with van der Waals surface area (Å²) in [6.07, 6.45) is 0. The smallest absolute Gasteiger partial charge is 0.293 e. The molecule has 8 nitrogen and oxygen atoms in total. The first-order chi connectivity index (χ1) is 14.9. The number of aromatic nitrogens is 2. The standard InChI is InChI=1S/C22H19N3O5S/c1-11-7-12(2)19-14(26)10-18(30-17(19)8-11)21(27)24-22-23-20(25-31-22)13-5-6-15(28-3)16(9-13)29-4/h5-10H,1-4H3,(H,23,24,25,27). The van der Waals surface area contributed by atoms with Crippen molar-refractivity contribution < 1.29 is 18.7 Å². The fourth-order valence-corrected chi connectivity index (χ4v) is 3.89. The van der Waals surface area contributed by atoms with Crippen molar-refractivity contribution in [3.8, 4) is 22.9 Å². The van der Waals surface area contributed by atoms with Gasteiger partial charge < -0.3 is 13.9 Å². The van der Waals surface area contributed by atoms with Crippen molar-refractivity contribution in [2.45, 2.75) is 13.8 Å². The predicted molar refractivity (Wildman–Crippen MR) is 118 cm³/mol. The number of rotatable bonds is 5. The van der Waals surface area contributed by atoms with Gasteiger partial charge in [-0.05, 0) is 49.2 Å². The van der Waals surface area contributed by atoms with Gasteiger partial charge in [-0.25, -0.2) is 0 Å². The average molecular weight is 437 g/mol. The van der Waals surface area contributed by atoms with Crippen LogP contribution in [0.3, 0.4) is 0 Å². The fourth-order valence-electron chi connectivity index (χ4n) is 3.30. The number of fused-ring (bicyclic) bond motifs is 1. The molecular formula is C22H19N3O5S. The van der Waals surface area contributed by atoms with Crippen LogP contribution in [0.25, 0.3) is 22.4 Å². The molecule has 2 heterocycles. The number of aryl methyl sites for hydroxylation is 2. The Kier molecular flexibility index (Phi) is 5.43. The number of methoxy groups -OCH3 is 2. The number of benzene rings is 2. The Morgan fingerprint density at radius 2 is 1.84 bits per heavy atom. The molecule has 0 aliphatic carbocycles. The Labute approximate surface area is 181 Å². The zero-order valence-electron chi connectivity index (χ0n) is 17.3. The zero-order chi connectivity index (χ0) is 22.1. The molecule has 0 spiro atoms. The van der Waals surface area contributed by atoms with Crippen LogP contribution in [0, 0.1) is 13.8 Å². The molecule has 0 saturated carbocycles. The van der Waals surface area contributed by atoms with Crippen LogP contribution in [0.1, 0.15) is 21.7 Å². The maximum atomic E-state index is 12.7. The summed E-state index contributed by atoms with van der Waals surface area (Å²) in [5.41, 5.74) is 2.55. The van der Waals surface area contributed by atoms with Gasteiger partial charge in [-0.1, -0.05) is 6.07 Å². The molecule has 0 saturated heterocycles. The Balaban J connectivity index is 1.61. The number of ether oxygens (including phenoxy) is 2. The van der Waals surface area contributed by atoms with Gasteiger partial charge in [0.1, 0.15) is 5.58 Å². The topological polar surface area (TPSA) is 104 Å². The maximum Gasteiger partial charge on any atom is 0.293 e. The summed E-state index contributed by atoms with van der Waals surface area (Å²) in [5.74, 6) is 0.890. The van der Waals surface area contributed by atoms with E-state index in [4.69, 9.17) is 13.9 Å². The molecule has 0 aliphatic heterocycles. The summed E-state index contributed by atoms with van der Waals surface area (Å²) in [6, 6.07) is 10.1. The highest BCUT2D eigenvalue weighted by Crippen LogP contribution is 2.32. The lowest BCUT2D eigenvalue weighted by atomic mass is 10.1. The van der Waals surface area contributed by atoms with E-state index >= 15 is 0 Å². The molecule has 0 bridgehead atoms. The molecule has 1 N–H and O–H groups in total. The number of nitrogens with one attached hydrogen (secondary N) is 1. The van der Waals surface area contributed by atoms with Crippen molar-refractivity contribution in [1.29, 1.82) is 0 Å². The molecule has 0 aliphatic rings. The third kappa shape index (κ3) is 3.99. The lowest BCUT2D eigenvalue weighted by Gasteiger charge is -2.07. The molecule has 158 valence electrons. The molecule has 2 aromatic carbocycles. The first-order valence-corrected chi connectivity index (χ1v) is 10.1. The summed E-state index contributed by atoms with van der Waals surface area (Å²) in [5, 5.41) is 3.38. The summed E-state index contributed by atoms with van der Waals surface area (Å²) in [4.78, 5) is 29.5. The number of amides is 1. The molecule has 0 atom stereocenters. The van der Waals surface area contributed by atoms with Crippen molar-refractivity contribution >= 4 is 33.5 Å². The second-order valence-corrected chi connectivity index (χ2v) is 7.63. The van der Waals surface area contributed by atoms with Crippen molar-refractivity contribution in [3.63, 3.8) is 0 Å². The molecule has 4 rings (SSSR count). The number of carbonyl (C=O) groups excluding carboxylic acids is 1. The largest absolute Gasteiger partial charge is 0.493 e. The zero-order valence-corrected chi connectivity index (χ0v) is 18.1. The van der Waals surface area contributed by atoms with E-state index in [2.05, 4.69) is 14.7 Å². The normalized spacial score (nSPS) is 10.8.